The molecule has 0 bridgehead atoms. The van der Waals surface area contributed by atoms with Crippen molar-refractivity contribution in [1.82, 2.24) is 4.90 Å². The molecular weight excluding hydrogens is 232 g/mol. The van der Waals surface area contributed by atoms with E-state index >= 15 is 0 Å². The Hall–Kier alpha value is -1.88. The summed E-state index contributed by atoms with van der Waals surface area (Å²) < 4.78 is 0. The van der Waals surface area contributed by atoms with E-state index in [9.17, 15) is 9.59 Å². The van der Waals surface area contributed by atoms with Crippen molar-refractivity contribution in [2.45, 2.75) is 19.4 Å². The monoisotopic (exact) mass is 250 g/mol. The first-order valence-corrected chi connectivity index (χ1v) is 5.80. The highest BCUT2D eigenvalue weighted by atomic mass is 16.4. The van der Waals surface area contributed by atoms with Crippen LogP contribution in [-0.4, -0.2) is 35.0 Å². The van der Waals surface area contributed by atoms with Gasteiger partial charge in [-0.25, -0.2) is 0 Å². The molecule has 0 saturated heterocycles. The number of hydrogen-bond acceptors (Lipinski definition) is 3. The molecule has 18 heavy (non-hydrogen) atoms. The van der Waals surface area contributed by atoms with E-state index in [1.54, 1.807) is 4.90 Å². The Kier molecular flexibility index (Phi) is 5.32. The molecule has 1 rings (SSSR count). The van der Waals surface area contributed by atoms with Crippen molar-refractivity contribution in [2.24, 2.45) is 5.73 Å². The third-order valence-corrected chi connectivity index (χ3v) is 2.80. The predicted molar refractivity (Wildman–Crippen MR) is 67.9 cm³/mol. The van der Waals surface area contributed by atoms with Crippen molar-refractivity contribution in [3.63, 3.8) is 0 Å². The second-order valence-electron chi connectivity index (χ2n) is 4.17. The summed E-state index contributed by atoms with van der Waals surface area (Å²) in [4.78, 5) is 23.4. The van der Waals surface area contributed by atoms with Crippen LogP contribution in [0.1, 0.15) is 24.9 Å². The van der Waals surface area contributed by atoms with Gasteiger partial charge in [-0.1, -0.05) is 30.3 Å². The van der Waals surface area contributed by atoms with Gasteiger partial charge < -0.3 is 10.8 Å². The average Bonchev–Trinajstić information content (AvgIpc) is 2.34. The van der Waals surface area contributed by atoms with Gasteiger partial charge in [-0.05, 0) is 12.5 Å². The van der Waals surface area contributed by atoms with Gasteiger partial charge in [0.2, 0.25) is 5.91 Å². The first-order chi connectivity index (χ1) is 8.50. The van der Waals surface area contributed by atoms with Gasteiger partial charge in [-0.15, -0.1) is 0 Å². The number of carboxylic acid groups (broad SMARTS) is 1. The van der Waals surface area contributed by atoms with Crippen LogP contribution in [-0.2, 0) is 9.59 Å². The van der Waals surface area contributed by atoms with Crippen molar-refractivity contribution in [1.29, 1.82) is 0 Å². The molecule has 1 aromatic carbocycles. The molecule has 0 spiro atoms. The molecule has 5 nitrogen and oxygen atoms in total. The Bertz CT molecular complexity index is 406. The Morgan fingerprint density at radius 1 is 1.33 bits per heavy atom. The highest BCUT2D eigenvalue weighted by Gasteiger charge is 2.18. The normalized spacial score (nSPS) is 12.3. The van der Waals surface area contributed by atoms with Gasteiger partial charge in [0.05, 0.1) is 13.0 Å². The molecule has 0 saturated carbocycles. The Morgan fingerprint density at radius 2 is 1.94 bits per heavy atom. The fraction of sp³-hybridized carbons (Fsp3) is 0.385. The number of hydrogen-bond donors (Lipinski definition) is 2. The maximum absolute atomic E-state index is 11.0. The molecule has 3 N–H and O–H groups in total. The summed E-state index contributed by atoms with van der Waals surface area (Å²) in [6, 6.07) is 9.57. The maximum atomic E-state index is 11.0. The number of carboxylic acids is 1. The van der Waals surface area contributed by atoms with Crippen LogP contribution in [0.3, 0.4) is 0 Å². The highest BCUT2D eigenvalue weighted by molar-refractivity contribution is 5.76. The number of nitrogens with zero attached hydrogens (tertiary/aromatic N) is 1. The van der Waals surface area contributed by atoms with Crippen molar-refractivity contribution in [3.05, 3.63) is 35.9 Å². The Balaban J connectivity index is 2.75. The van der Waals surface area contributed by atoms with Crippen molar-refractivity contribution < 1.29 is 14.7 Å². The van der Waals surface area contributed by atoms with E-state index in [2.05, 4.69) is 0 Å². The van der Waals surface area contributed by atoms with Gasteiger partial charge in [0, 0.05) is 12.6 Å². The largest absolute Gasteiger partial charge is 0.481 e. The minimum absolute atomic E-state index is 0.00947. The van der Waals surface area contributed by atoms with Crippen LogP contribution < -0.4 is 5.73 Å². The Morgan fingerprint density at radius 3 is 2.44 bits per heavy atom. The molecule has 1 amide bonds. The number of carbonyl (C=O) groups excluding carboxylic acids is 1. The molecule has 0 heterocycles. The number of nitrogens with two attached hydrogens (primary N) is 1. The molecule has 0 aliphatic heterocycles. The summed E-state index contributed by atoms with van der Waals surface area (Å²) >= 11 is 0. The van der Waals surface area contributed by atoms with Gasteiger partial charge >= 0.3 is 5.97 Å². The lowest BCUT2D eigenvalue weighted by Crippen LogP contribution is -2.37. The summed E-state index contributed by atoms with van der Waals surface area (Å²) in [5.74, 6) is -1.34. The third-order valence-electron chi connectivity index (χ3n) is 2.80. The molecule has 0 fully saturated rings. The summed E-state index contributed by atoms with van der Waals surface area (Å²) in [6.45, 7) is 2.29. The lowest BCUT2D eigenvalue weighted by Gasteiger charge is -2.27. The zero-order chi connectivity index (χ0) is 13.5. The zero-order valence-electron chi connectivity index (χ0n) is 10.4. The first-order valence-electron chi connectivity index (χ1n) is 5.80. The highest BCUT2D eigenvalue weighted by Crippen LogP contribution is 2.19. The number of aliphatic carboxylic acids is 1. The third kappa shape index (κ3) is 4.55. The average molecular weight is 250 g/mol. The van der Waals surface area contributed by atoms with E-state index in [1.165, 1.54) is 0 Å². The number of amides is 1. The van der Waals surface area contributed by atoms with E-state index in [0.29, 0.717) is 6.54 Å². The lowest BCUT2D eigenvalue weighted by atomic mass is 10.1. The van der Waals surface area contributed by atoms with E-state index in [0.717, 1.165) is 5.56 Å². The SMILES string of the molecule is CC(c1ccccc1)N(CCC(=O)O)CC(N)=O. The van der Waals surface area contributed by atoms with Crippen LogP contribution in [0.15, 0.2) is 30.3 Å². The zero-order valence-corrected chi connectivity index (χ0v) is 10.4. The molecule has 1 atom stereocenters. The standard InChI is InChI=1S/C13H18N2O3/c1-10(11-5-3-2-4-6-11)15(9-12(14)16)8-7-13(17)18/h2-6,10H,7-9H2,1H3,(H2,14,16)(H,17,18). The van der Waals surface area contributed by atoms with Crippen LogP contribution in [0, 0.1) is 0 Å². The second-order valence-corrected chi connectivity index (χ2v) is 4.17. The quantitative estimate of drug-likeness (QED) is 0.756. The van der Waals surface area contributed by atoms with Gasteiger partial charge in [-0.2, -0.15) is 0 Å². The van der Waals surface area contributed by atoms with Crippen LogP contribution in [0.4, 0.5) is 0 Å². The van der Waals surface area contributed by atoms with Crippen LogP contribution >= 0.6 is 0 Å². The van der Waals surface area contributed by atoms with Crippen molar-refractivity contribution in [3.8, 4) is 0 Å². The molecule has 0 aliphatic carbocycles. The number of rotatable bonds is 7. The van der Waals surface area contributed by atoms with Gasteiger partial charge in [0.25, 0.3) is 0 Å². The van der Waals surface area contributed by atoms with E-state index in [4.69, 9.17) is 10.8 Å². The van der Waals surface area contributed by atoms with Crippen molar-refractivity contribution >= 4 is 11.9 Å². The minimum Gasteiger partial charge on any atom is -0.481 e. The van der Waals surface area contributed by atoms with Gasteiger partial charge in [0.15, 0.2) is 0 Å². The van der Waals surface area contributed by atoms with Crippen LogP contribution in [0.5, 0.6) is 0 Å². The fourth-order valence-electron chi connectivity index (χ4n) is 1.79. The topological polar surface area (TPSA) is 83.6 Å². The predicted octanol–water partition coefficient (Wildman–Crippen LogP) is 1.01. The van der Waals surface area contributed by atoms with Crippen molar-refractivity contribution in [2.75, 3.05) is 13.1 Å². The molecule has 1 unspecified atom stereocenters. The number of carbonyl (C=O) groups is 2. The molecule has 5 heteroatoms. The lowest BCUT2D eigenvalue weighted by molar-refractivity contribution is -0.137. The number of benzene rings is 1. The molecule has 0 aliphatic rings. The molecule has 0 aromatic heterocycles. The second kappa shape index (κ2) is 6.76. The summed E-state index contributed by atoms with van der Waals surface area (Å²) in [5, 5.41) is 8.71. The molecule has 0 radical (unpaired) electrons. The van der Waals surface area contributed by atoms with Gasteiger partial charge in [-0.3, -0.25) is 14.5 Å². The maximum Gasteiger partial charge on any atom is 0.304 e. The van der Waals surface area contributed by atoms with Crippen LogP contribution in [0.25, 0.3) is 0 Å². The Labute approximate surface area is 106 Å². The summed E-state index contributed by atoms with van der Waals surface area (Å²) in [5.41, 5.74) is 6.22. The van der Waals surface area contributed by atoms with Gasteiger partial charge in [0.1, 0.15) is 0 Å². The first kappa shape index (κ1) is 14.2. The van der Waals surface area contributed by atoms with Crippen LogP contribution in [0.2, 0.25) is 0 Å². The summed E-state index contributed by atoms with van der Waals surface area (Å²) in [6.07, 6.45) is -0.00947. The molecular formula is C13H18N2O3. The molecule has 1 aromatic rings. The summed E-state index contributed by atoms with van der Waals surface area (Å²) in [7, 11) is 0. The molecule has 98 valence electrons. The van der Waals surface area contributed by atoms with E-state index in [-0.39, 0.29) is 19.0 Å². The van der Waals surface area contributed by atoms with E-state index < -0.39 is 11.9 Å². The smallest absolute Gasteiger partial charge is 0.304 e. The van der Waals surface area contributed by atoms with E-state index in [1.807, 2.05) is 37.3 Å². The fourth-order valence-corrected chi connectivity index (χ4v) is 1.79. The number of primary amides is 1. The minimum atomic E-state index is -0.885.